The van der Waals surface area contributed by atoms with Crippen molar-refractivity contribution in [2.24, 2.45) is 5.92 Å². The van der Waals surface area contributed by atoms with Gasteiger partial charge in [-0.2, -0.15) is 13.2 Å². The van der Waals surface area contributed by atoms with Crippen LogP contribution < -0.4 is 10.6 Å². The average molecular weight is 497 g/mol. The van der Waals surface area contributed by atoms with Gasteiger partial charge in [-0.05, 0) is 62.6 Å². The van der Waals surface area contributed by atoms with Gasteiger partial charge in [0.05, 0.1) is 22.8 Å². The van der Waals surface area contributed by atoms with Crippen molar-refractivity contribution in [3.8, 4) is 0 Å². The standard InChI is InChI=1S/C22H29F5N2O3S/c23-21(24)10-8-17(9-11-21)28-13-20(30)29-18-6-4-15(5-7-18)14-33(31,32)19-3-1-2-16(12-19)22(25,26)27/h1-3,12,15,17-18,28H,4-11,13-14H2,(H,29,30). The molecule has 0 saturated heterocycles. The van der Waals surface area contributed by atoms with Gasteiger partial charge in [0, 0.05) is 24.9 Å². The second kappa shape index (κ2) is 10.2. The van der Waals surface area contributed by atoms with E-state index in [4.69, 9.17) is 0 Å². The molecule has 0 bridgehead atoms. The highest BCUT2D eigenvalue weighted by molar-refractivity contribution is 7.91. The van der Waals surface area contributed by atoms with Gasteiger partial charge >= 0.3 is 6.18 Å². The number of benzene rings is 1. The summed E-state index contributed by atoms with van der Waals surface area (Å²) < 4.78 is 90.3. The molecule has 0 aromatic heterocycles. The number of carbonyl (C=O) groups excluding carboxylic acids is 1. The first kappa shape index (κ1) is 25.9. The van der Waals surface area contributed by atoms with Crippen LogP contribution in [0.2, 0.25) is 0 Å². The van der Waals surface area contributed by atoms with Crippen molar-refractivity contribution in [3.63, 3.8) is 0 Å². The summed E-state index contributed by atoms with van der Waals surface area (Å²) >= 11 is 0. The van der Waals surface area contributed by atoms with E-state index in [-0.39, 0.29) is 53.9 Å². The number of sulfone groups is 1. The quantitative estimate of drug-likeness (QED) is 0.552. The zero-order valence-corrected chi connectivity index (χ0v) is 19.0. The Balaban J connectivity index is 1.42. The minimum absolute atomic E-state index is 0.0418. The van der Waals surface area contributed by atoms with E-state index in [1.165, 1.54) is 6.07 Å². The number of rotatable bonds is 7. The van der Waals surface area contributed by atoms with Gasteiger partial charge in [0.1, 0.15) is 0 Å². The van der Waals surface area contributed by atoms with Crippen LogP contribution >= 0.6 is 0 Å². The van der Waals surface area contributed by atoms with E-state index in [2.05, 4.69) is 10.6 Å². The second-order valence-electron chi connectivity index (χ2n) is 9.10. The van der Waals surface area contributed by atoms with Crippen molar-refractivity contribution in [1.29, 1.82) is 0 Å². The number of amides is 1. The Bertz CT molecular complexity index is 918. The van der Waals surface area contributed by atoms with Crippen LogP contribution in [0.5, 0.6) is 0 Å². The molecule has 5 nitrogen and oxygen atoms in total. The third-order valence-electron chi connectivity index (χ3n) is 6.46. The van der Waals surface area contributed by atoms with E-state index in [0.29, 0.717) is 44.6 Å². The van der Waals surface area contributed by atoms with Crippen molar-refractivity contribution in [2.45, 2.75) is 80.4 Å². The highest BCUT2D eigenvalue weighted by Crippen LogP contribution is 2.34. The van der Waals surface area contributed by atoms with Crippen LogP contribution in [0, 0.1) is 5.92 Å². The Kier molecular flexibility index (Phi) is 8.03. The summed E-state index contributed by atoms with van der Waals surface area (Å²) in [6.45, 7) is 0.0418. The molecule has 11 heteroatoms. The van der Waals surface area contributed by atoms with Crippen LogP contribution in [0.15, 0.2) is 29.2 Å². The lowest BCUT2D eigenvalue weighted by atomic mass is 9.87. The molecular weight excluding hydrogens is 467 g/mol. The normalized spacial score (nSPS) is 24.4. The Labute approximate surface area is 190 Å². The molecule has 186 valence electrons. The molecule has 1 amide bonds. The third kappa shape index (κ3) is 7.63. The fourth-order valence-corrected chi connectivity index (χ4v) is 6.24. The number of nitrogens with one attached hydrogen (secondary N) is 2. The summed E-state index contributed by atoms with van der Waals surface area (Å²) in [7, 11) is -3.86. The molecule has 3 rings (SSSR count). The lowest BCUT2D eigenvalue weighted by Gasteiger charge is -2.30. The van der Waals surface area contributed by atoms with Crippen molar-refractivity contribution in [3.05, 3.63) is 29.8 Å². The topological polar surface area (TPSA) is 75.3 Å². The van der Waals surface area contributed by atoms with Gasteiger partial charge in [-0.3, -0.25) is 4.79 Å². The summed E-state index contributed by atoms with van der Waals surface area (Å²) in [4.78, 5) is 11.8. The molecule has 2 aliphatic rings. The molecule has 33 heavy (non-hydrogen) atoms. The second-order valence-corrected chi connectivity index (χ2v) is 11.1. The van der Waals surface area contributed by atoms with Gasteiger partial charge in [0.25, 0.3) is 0 Å². The highest BCUT2D eigenvalue weighted by atomic mass is 32.2. The van der Waals surface area contributed by atoms with E-state index < -0.39 is 27.5 Å². The van der Waals surface area contributed by atoms with Gasteiger partial charge in [-0.25, -0.2) is 17.2 Å². The number of hydrogen-bond donors (Lipinski definition) is 2. The number of alkyl halides is 5. The molecule has 2 N–H and O–H groups in total. The molecule has 2 fully saturated rings. The summed E-state index contributed by atoms with van der Waals surface area (Å²) in [6.07, 6.45) is -2.10. The summed E-state index contributed by atoms with van der Waals surface area (Å²) in [5.74, 6) is -3.27. The van der Waals surface area contributed by atoms with Crippen LogP contribution in [-0.4, -0.2) is 44.6 Å². The summed E-state index contributed by atoms with van der Waals surface area (Å²) in [5.41, 5.74) is -0.995. The minimum Gasteiger partial charge on any atom is -0.352 e. The van der Waals surface area contributed by atoms with Gasteiger partial charge in [-0.1, -0.05) is 6.07 Å². The fourth-order valence-electron chi connectivity index (χ4n) is 4.51. The first-order valence-electron chi connectivity index (χ1n) is 11.1. The first-order chi connectivity index (χ1) is 15.3. The predicted molar refractivity (Wildman–Crippen MR) is 113 cm³/mol. The van der Waals surface area contributed by atoms with Gasteiger partial charge in [0.2, 0.25) is 11.8 Å². The lowest BCUT2D eigenvalue weighted by molar-refractivity contribution is -0.137. The Hall–Kier alpha value is -1.75. The molecule has 1 aromatic carbocycles. The largest absolute Gasteiger partial charge is 0.416 e. The molecule has 0 radical (unpaired) electrons. The predicted octanol–water partition coefficient (Wildman–Crippen LogP) is 4.32. The third-order valence-corrected chi connectivity index (χ3v) is 8.34. The zero-order chi connectivity index (χ0) is 24.3. The highest BCUT2D eigenvalue weighted by Gasteiger charge is 2.35. The van der Waals surface area contributed by atoms with Crippen molar-refractivity contribution >= 4 is 15.7 Å². The molecule has 0 unspecified atom stereocenters. The monoisotopic (exact) mass is 496 g/mol. The SMILES string of the molecule is O=C(CNC1CCC(F)(F)CC1)NC1CCC(CS(=O)(=O)c2cccc(C(F)(F)F)c2)CC1. The zero-order valence-electron chi connectivity index (χ0n) is 18.1. The maximum atomic E-state index is 13.2. The maximum absolute atomic E-state index is 13.2. The number of halogens is 5. The molecule has 2 saturated carbocycles. The Morgan fingerprint density at radius 1 is 1.00 bits per heavy atom. The lowest BCUT2D eigenvalue weighted by Crippen LogP contribution is -2.46. The molecular formula is C22H29F5N2O3S. The van der Waals surface area contributed by atoms with E-state index in [1.807, 2.05) is 0 Å². The fraction of sp³-hybridized carbons (Fsp3) is 0.682. The van der Waals surface area contributed by atoms with Crippen LogP contribution in [0.25, 0.3) is 0 Å². The van der Waals surface area contributed by atoms with E-state index >= 15 is 0 Å². The minimum atomic E-state index is -4.61. The van der Waals surface area contributed by atoms with Crippen LogP contribution in [-0.2, 0) is 20.8 Å². The van der Waals surface area contributed by atoms with Crippen LogP contribution in [0.3, 0.4) is 0 Å². The molecule has 0 aliphatic heterocycles. The summed E-state index contributed by atoms with van der Waals surface area (Å²) in [5, 5.41) is 5.91. The van der Waals surface area contributed by atoms with Gasteiger partial charge in [-0.15, -0.1) is 0 Å². The average Bonchev–Trinajstić information content (AvgIpc) is 2.74. The van der Waals surface area contributed by atoms with Crippen molar-refractivity contribution < 1.29 is 35.2 Å². The van der Waals surface area contributed by atoms with E-state index in [1.54, 1.807) is 0 Å². The molecule has 0 heterocycles. The van der Waals surface area contributed by atoms with Gasteiger partial charge in [0.15, 0.2) is 9.84 Å². The smallest absolute Gasteiger partial charge is 0.352 e. The van der Waals surface area contributed by atoms with E-state index in [9.17, 15) is 35.2 Å². The maximum Gasteiger partial charge on any atom is 0.416 e. The Morgan fingerprint density at radius 3 is 2.24 bits per heavy atom. The Morgan fingerprint density at radius 2 is 1.64 bits per heavy atom. The van der Waals surface area contributed by atoms with Crippen molar-refractivity contribution in [1.82, 2.24) is 10.6 Å². The molecule has 0 spiro atoms. The van der Waals surface area contributed by atoms with Gasteiger partial charge < -0.3 is 10.6 Å². The summed E-state index contributed by atoms with van der Waals surface area (Å²) in [6, 6.07) is 3.56. The van der Waals surface area contributed by atoms with E-state index in [0.717, 1.165) is 12.1 Å². The number of carbonyl (C=O) groups is 1. The first-order valence-corrected chi connectivity index (χ1v) is 12.8. The van der Waals surface area contributed by atoms with Crippen LogP contribution in [0.4, 0.5) is 22.0 Å². The molecule has 0 atom stereocenters. The van der Waals surface area contributed by atoms with Crippen molar-refractivity contribution in [2.75, 3.05) is 12.3 Å². The molecule has 1 aromatic rings. The number of hydrogen-bond acceptors (Lipinski definition) is 4. The van der Waals surface area contributed by atoms with Crippen LogP contribution in [0.1, 0.15) is 56.9 Å². The molecule has 2 aliphatic carbocycles.